The summed E-state index contributed by atoms with van der Waals surface area (Å²) in [6.45, 7) is 6.59. The molecular weight excluding hydrogens is 357 g/mol. The highest BCUT2D eigenvalue weighted by Gasteiger charge is 2.44. The van der Waals surface area contributed by atoms with Gasteiger partial charge in [0.25, 0.3) is 0 Å². The molecule has 19 heavy (non-hydrogen) atoms. The van der Waals surface area contributed by atoms with Crippen molar-refractivity contribution in [2.24, 2.45) is 0 Å². The number of carbonyl (C=O) groups excluding carboxylic acids is 1. The van der Waals surface area contributed by atoms with Gasteiger partial charge in [0, 0.05) is 16.5 Å². The van der Waals surface area contributed by atoms with Gasteiger partial charge in [0.1, 0.15) is 0 Å². The number of nitrogens with zero attached hydrogens (tertiary/aromatic N) is 1. The summed E-state index contributed by atoms with van der Waals surface area (Å²) < 4.78 is 1.02. The summed E-state index contributed by atoms with van der Waals surface area (Å²) in [6.07, 6.45) is 0. The highest BCUT2D eigenvalue weighted by Crippen LogP contribution is 2.31. The molecular formula is C14H18INO3. The van der Waals surface area contributed by atoms with E-state index in [1.165, 1.54) is 11.8 Å². The van der Waals surface area contributed by atoms with Crippen molar-refractivity contribution in [3.05, 3.63) is 33.4 Å². The number of aliphatic carboxylic acids is 1. The number of carbonyl (C=O) groups is 2. The first kappa shape index (κ1) is 15.9. The molecule has 0 aliphatic carbocycles. The molecule has 1 atom stereocenters. The molecule has 0 aromatic heterocycles. The van der Waals surface area contributed by atoms with Crippen molar-refractivity contribution in [3.63, 3.8) is 0 Å². The highest BCUT2D eigenvalue weighted by atomic mass is 127. The summed E-state index contributed by atoms with van der Waals surface area (Å²) in [4.78, 5) is 25.0. The molecule has 0 aliphatic heterocycles. The molecule has 104 valence electrons. The van der Waals surface area contributed by atoms with Crippen molar-refractivity contribution in [2.45, 2.75) is 39.3 Å². The van der Waals surface area contributed by atoms with Gasteiger partial charge in [-0.05, 0) is 61.1 Å². The van der Waals surface area contributed by atoms with Gasteiger partial charge in [-0.2, -0.15) is 0 Å². The van der Waals surface area contributed by atoms with Gasteiger partial charge in [0.2, 0.25) is 5.91 Å². The summed E-state index contributed by atoms with van der Waals surface area (Å²) in [5, 5.41) is 9.63. The van der Waals surface area contributed by atoms with Crippen LogP contribution >= 0.6 is 22.6 Å². The van der Waals surface area contributed by atoms with Gasteiger partial charge in [0.05, 0.1) is 0 Å². The summed E-state index contributed by atoms with van der Waals surface area (Å²) >= 11 is 2.16. The van der Waals surface area contributed by atoms with Gasteiger partial charge in [-0.3, -0.25) is 4.79 Å². The predicted molar refractivity (Wildman–Crippen MR) is 81.8 cm³/mol. The lowest BCUT2D eigenvalue weighted by Gasteiger charge is -2.40. The van der Waals surface area contributed by atoms with E-state index < -0.39 is 11.5 Å². The predicted octanol–water partition coefficient (Wildman–Crippen LogP) is 2.85. The Morgan fingerprint density at radius 1 is 1.26 bits per heavy atom. The molecule has 0 aliphatic rings. The molecule has 0 heterocycles. The van der Waals surface area contributed by atoms with Gasteiger partial charge < -0.3 is 10.0 Å². The summed E-state index contributed by atoms with van der Waals surface area (Å²) in [6, 6.07) is 7.01. The maximum absolute atomic E-state index is 11.8. The van der Waals surface area contributed by atoms with Crippen LogP contribution in [0.4, 0.5) is 0 Å². The van der Waals surface area contributed by atoms with E-state index in [0.717, 1.165) is 3.57 Å². The first-order valence-electron chi connectivity index (χ1n) is 6.00. The van der Waals surface area contributed by atoms with E-state index in [1.807, 2.05) is 26.0 Å². The topological polar surface area (TPSA) is 57.6 Å². The van der Waals surface area contributed by atoms with Crippen LogP contribution in [0.3, 0.4) is 0 Å². The minimum absolute atomic E-state index is 0.196. The monoisotopic (exact) mass is 375 g/mol. The average molecular weight is 375 g/mol. The molecule has 0 saturated heterocycles. The van der Waals surface area contributed by atoms with Gasteiger partial charge in [0.15, 0.2) is 5.54 Å². The molecule has 0 radical (unpaired) electrons. The van der Waals surface area contributed by atoms with E-state index in [0.29, 0.717) is 5.56 Å². The maximum atomic E-state index is 11.8. The second-order valence-corrected chi connectivity index (χ2v) is 6.11. The number of carboxylic acid groups (broad SMARTS) is 1. The van der Waals surface area contributed by atoms with Crippen LogP contribution in [0, 0.1) is 3.57 Å². The quantitative estimate of drug-likeness (QED) is 0.824. The molecule has 1 aromatic rings. The molecule has 1 aromatic carbocycles. The van der Waals surface area contributed by atoms with Crippen LogP contribution in [0.5, 0.6) is 0 Å². The first-order valence-corrected chi connectivity index (χ1v) is 7.08. The normalized spacial score (nSPS) is 14.0. The minimum atomic E-state index is -1.36. The Balaban J connectivity index is 3.42. The number of hydrogen-bond acceptors (Lipinski definition) is 2. The number of benzene rings is 1. The maximum Gasteiger partial charge on any atom is 0.334 e. The Morgan fingerprint density at radius 3 is 2.05 bits per heavy atom. The Morgan fingerprint density at radius 2 is 1.74 bits per heavy atom. The zero-order valence-electron chi connectivity index (χ0n) is 11.5. The zero-order valence-corrected chi connectivity index (χ0v) is 13.6. The van der Waals surface area contributed by atoms with Crippen molar-refractivity contribution >= 4 is 34.5 Å². The molecule has 0 spiro atoms. The lowest BCUT2D eigenvalue weighted by molar-refractivity contribution is -0.160. The van der Waals surface area contributed by atoms with Crippen LogP contribution in [0.25, 0.3) is 0 Å². The zero-order chi connectivity index (χ0) is 14.8. The third-order valence-electron chi connectivity index (χ3n) is 3.16. The van der Waals surface area contributed by atoms with Gasteiger partial charge in [-0.15, -0.1) is 0 Å². The fourth-order valence-corrected chi connectivity index (χ4v) is 2.69. The number of amides is 1. The van der Waals surface area contributed by atoms with Crippen LogP contribution < -0.4 is 0 Å². The SMILES string of the molecule is CC(=O)N(C(C)C)C(C)(C(=O)O)c1ccc(I)cc1. The molecule has 0 bridgehead atoms. The van der Waals surface area contributed by atoms with E-state index in [2.05, 4.69) is 22.6 Å². The first-order chi connectivity index (χ1) is 8.71. The fraction of sp³-hybridized carbons (Fsp3) is 0.429. The van der Waals surface area contributed by atoms with Crippen LogP contribution in [0.15, 0.2) is 24.3 Å². The number of rotatable bonds is 4. The van der Waals surface area contributed by atoms with Crippen LogP contribution in [0.2, 0.25) is 0 Å². The molecule has 0 saturated carbocycles. The van der Waals surface area contributed by atoms with E-state index in [-0.39, 0.29) is 11.9 Å². The van der Waals surface area contributed by atoms with Crippen molar-refractivity contribution in [2.75, 3.05) is 0 Å². The molecule has 1 rings (SSSR count). The Hall–Kier alpha value is -1.11. The van der Waals surface area contributed by atoms with Crippen molar-refractivity contribution in [1.29, 1.82) is 0 Å². The molecule has 1 amide bonds. The lowest BCUT2D eigenvalue weighted by Crippen LogP contribution is -2.55. The summed E-state index contributed by atoms with van der Waals surface area (Å²) in [5.74, 6) is -1.28. The van der Waals surface area contributed by atoms with E-state index in [1.54, 1.807) is 19.1 Å². The summed E-state index contributed by atoms with van der Waals surface area (Å²) in [7, 11) is 0. The average Bonchev–Trinajstić information content (AvgIpc) is 2.28. The standard InChI is InChI=1S/C14H18INO3/c1-9(2)16(10(3)17)14(4,13(18)19)11-5-7-12(15)8-6-11/h5-9H,1-4H3,(H,18,19). The number of hydrogen-bond donors (Lipinski definition) is 1. The molecule has 1 unspecified atom stereocenters. The molecule has 5 heteroatoms. The smallest absolute Gasteiger partial charge is 0.334 e. The second kappa shape index (κ2) is 5.90. The van der Waals surface area contributed by atoms with Gasteiger partial charge >= 0.3 is 5.97 Å². The van der Waals surface area contributed by atoms with Crippen LogP contribution in [-0.2, 0) is 15.1 Å². The van der Waals surface area contributed by atoms with E-state index >= 15 is 0 Å². The van der Waals surface area contributed by atoms with Crippen molar-refractivity contribution in [3.8, 4) is 0 Å². The Kier molecular flexibility index (Phi) is 4.95. The van der Waals surface area contributed by atoms with Gasteiger partial charge in [-0.25, -0.2) is 4.79 Å². The van der Waals surface area contributed by atoms with E-state index in [9.17, 15) is 14.7 Å². The second-order valence-electron chi connectivity index (χ2n) is 4.87. The Labute approximate surface area is 126 Å². The lowest BCUT2D eigenvalue weighted by atomic mass is 9.88. The fourth-order valence-electron chi connectivity index (χ4n) is 2.33. The number of carboxylic acids is 1. The largest absolute Gasteiger partial charge is 0.479 e. The minimum Gasteiger partial charge on any atom is -0.479 e. The van der Waals surface area contributed by atoms with Crippen molar-refractivity contribution in [1.82, 2.24) is 4.90 Å². The van der Waals surface area contributed by atoms with Crippen molar-refractivity contribution < 1.29 is 14.7 Å². The van der Waals surface area contributed by atoms with E-state index in [4.69, 9.17) is 0 Å². The highest BCUT2D eigenvalue weighted by molar-refractivity contribution is 14.1. The van der Waals surface area contributed by atoms with Crippen LogP contribution in [-0.4, -0.2) is 27.9 Å². The number of halogens is 1. The molecule has 1 N–H and O–H groups in total. The van der Waals surface area contributed by atoms with Crippen LogP contribution in [0.1, 0.15) is 33.3 Å². The summed E-state index contributed by atoms with van der Waals surface area (Å²) in [5.41, 5.74) is -0.756. The third-order valence-corrected chi connectivity index (χ3v) is 3.88. The Bertz CT molecular complexity index is 484. The molecule has 0 fully saturated rings. The molecule has 4 nitrogen and oxygen atoms in total. The van der Waals surface area contributed by atoms with Gasteiger partial charge in [-0.1, -0.05) is 12.1 Å². The third kappa shape index (κ3) is 3.08.